The predicted octanol–water partition coefficient (Wildman–Crippen LogP) is 8.32. The fraction of sp³-hybridized carbons (Fsp3) is 0.796. The normalized spacial score (nSPS) is 46.8. The van der Waals surface area contributed by atoms with E-state index in [0.717, 1.165) is 36.8 Å². The zero-order chi connectivity index (χ0) is 44.4. The van der Waals surface area contributed by atoms with Crippen LogP contribution in [0.1, 0.15) is 132 Å². The third kappa shape index (κ3) is 5.93. The fourth-order valence-electron chi connectivity index (χ4n) is 17.3. The monoisotopic (exact) mass is 848 g/mol. The highest BCUT2D eigenvalue weighted by molar-refractivity contribution is 5.84. The van der Waals surface area contributed by atoms with Crippen molar-refractivity contribution in [2.45, 2.75) is 139 Å². The highest BCUT2D eigenvalue weighted by Gasteiger charge is 2.73. The third-order valence-corrected chi connectivity index (χ3v) is 19.7. The number of fused-ring (bicyclic) bond motifs is 4. The summed E-state index contributed by atoms with van der Waals surface area (Å²) in [5, 5.41) is 32.0. The molecule has 4 bridgehead atoms. The molecule has 0 radical (unpaired) electrons. The van der Waals surface area contributed by atoms with Crippen LogP contribution in [0.3, 0.4) is 0 Å². The average molecular weight is 849 g/mol. The molecule has 0 amide bonds. The molecule has 0 saturated heterocycles. The molecule has 16 unspecified atom stereocenters. The van der Waals surface area contributed by atoms with Gasteiger partial charge in [-0.3, -0.25) is 28.8 Å². The van der Waals surface area contributed by atoms with Gasteiger partial charge in [0.15, 0.2) is 0 Å². The lowest BCUT2D eigenvalue weighted by molar-refractivity contribution is -0.223. The Hall–Kier alpha value is -3.70. The Bertz CT molecular complexity index is 1950. The Morgan fingerprint density at radius 1 is 0.656 bits per heavy atom. The van der Waals surface area contributed by atoms with Gasteiger partial charge in [0.1, 0.15) is 12.0 Å². The van der Waals surface area contributed by atoms with E-state index in [1.54, 1.807) is 0 Å². The maximum absolute atomic E-state index is 14.7. The second kappa shape index (κ2) is 14.7. The van der Waals surface area contributed by atoms with E-state index in [9.17, 15) is 44.1 Å². The lowest BCUT2D eigenvalue weighted by Gasteiger charge is -2.68. The summed E-state index contributed by atoms with van der Waals surface area (Å²) >= 11 is 0. The quantitative estimate of drug-likeness (QED) is 0.0781. The van der Waals surface area contributed by atoms with E-state index in [-0.39, 0.29) is 41.4 Å². The first-order valence-electron chi connectivity index (χ1n) is 23.2. The highest BCUT2D eigenvalue weighted by Crippen LogP contribution is 2.75. The number of carboxylic acids is 3. The first-order valence-corrected chi connectivity index (χ1v) is 23.2. The zero-order valence-corrected chi connectivity index (χ0v) is 37.4. The first kappa shape index (κ1) is 43.9. The maximum Gasteiger partial charge on any atom is 0.316 e. The van der Waals surface area contributed by atoms with Crippen LogP contribution in [0.2, 0.25) is 0 Å². The lowest BCUT2D eigenvalue weighted by Crippen LogP contribution is -2.67. The smallest absolute Gasteiger partial charge is 0.316 e. The molecule has 16 atom stereocenters. The minimum Gasteiger partial charge on any atom is -0.481 e. The van der Waals surface area contributed by atoms with E-state index in [1.165, 1.54) is 0 Å². The number of allylic oxidation sites excluding steroid dienone is 3. The highest BCUT2D eigenvalue weighted by atomic mass is 16.7. The van der Waals surface area contributed by atoms with Crippen molar-refractivity contribution >= 4 is 36.3 Å². The van der Waals surface area contributed by atoms with E-state index in [4.69, 9.17) is 14.2 Å². The van der Waals surface area contributed by atoms with Gasteiger partial charge in [-0.05, 0) is 130 Å². The molecule has 0 aromatic heterocycles. The van der Waals surface area contributed by atoms with E-state index in [1.807, 2.05) is 13.8 Å². The summed E-state index contributed by atoms with van der Waals surface area (Å²) in [6, 6.07) is 0. The summed E-state index contributed by atoms with van der Waals surface area (Å²) < 4.78 is 17.6. The molecule has 10 rings (SSSR count). The molecule has 0 aromatic rings. The van der Waals surface area contributed by atoms with Gasteiger partial charge in [0, 0.05) is 16.7 Å². The molecular weight excluding hydrogens is 781 g/mol. The second-order valence-electron chi connectivity index (χ2n) is 22.5. The van der Waals surface area contributed by atoms with Crippen LogP contribution in [0.4, 0.5) is 0 Å². The molecule has 0 aliphatic heterocycles. The Morgan fingerprint density at radius 2 is 1.11 bits per heavy atom. The summed E-state index contributed by atoms with van der Waals surface area (Å²) in [5.41, 5.74) is -2.14. The summed E-state index contributed by atoms with van der Waals surface area (Å²) in [7, 11) is 0. The number of carbonyl (C=O) groups excluding carboxylic acids is 3. The first-order chi connectivity index (χ1) is 28.6. The van der Waals surface area contributed by atoms with E-state index < -0.39 is 98.9 Å². The van der Waals surface area contributed by atoms with Gasteiger partial charge in [-0.15, -0.1) is 0 Å². The van der Waals surface area contributed by atoms with Crippen molar-refractivity contribution in [1.29, 1.82) is 0 Å². The van der Waals surface area contributed by atoms with Crippen molar-refractivity contribution in [3.8, 4) is 0 Å². The number of hydrogen-bond acceptors (Lipinski definition) is 9. The van der Waals surface area contributed by atoms with Gasteiger partial charge in [-0.25, -0.2) is 0 Å². The molecule has 0 heterocycles. The number of carbonyl (C=O) groups is 6. The number of carboxylic acid groups (broad SMARTS) is 3. The predicted molar refractivity (Wildman–Crippen MR) is 221 cm³/mol. The average Bonchev–Trinajstić information content (AvgIpc) is 3.19. The molecule has 61 heavy (non-hydrogen) atoms. The summed E-state index contributed by atoms with van der Waals surface area (Å²) in [6.45, 7) is 16.0. The third-order valence-electron chi connectivity index (χ3n) is 19.7. The fourth-order valence-corrected chi connectivity index (χ4v) is 17.3. The topological polar surface area (TPSA) is 191 Å². The molecule has 0 aromatic carbocycles. The van der Waals surface area contributed by atoms with Crippen LogP contribution >= 0.6 is 0 Å². The molecule has 12 nitrogen and oxygen atoms in total. The van der Waals surface area contributed by atoms with Crippen molar-refractivity contribution in [1.82, 2.24) is 0 Å². The standard InChI is InChI=1S/C49H68O12/c1-25(2)29-21-48-17-11-31-44(5,13-9-15-46(31,7)42(55)56)33(48)19-27(29)35(36(48)39(51)52)40(53)60-24-61-41(54)37-38(59-23-50)28-20-34-45(6)14-10-16-47(8,43(57)58)32(45)12-18-49(34,37)22-30(28)26(3)4/h21-23,25-28,31-38H,9-20,24H2,1-8H3,(H,51,52)(H,55,56)(H,57,58). The van der Waals surface area contributed by atoms with Crippen molar-refractivity contribution in [3.63, 3.8) is 0 Å². The Kier molecular flexibility index (Phi) is 10.6. The van der Waals surface area contributed by atoms with E-state index >= 15 is 0 Å². The van der Waals surface area contributed by atoms with E-state index in [0.29, 0.717) is 57.8 Å². The molecule has 10 aliphatic carbocycles. The van der Waals surface area contributed by atoms with Gasteiger partial charge < -0.3 is 29.5 Å². The SMILES string of the molecule is CC(C)C1=CC23CCC4C(C)(C(=O)O)CCCC4(C)C2CC1C(OC=O)C3C(=O)OCOC(=O)C1C2CC3C4(C)CCCC(C)(C(=O)O)C4CCC3(C=C2C(C)C)C1C(=O)O. The Labute approximate surface area is 360 Å². The van der Waals surface area contributed by atoms with Crippen LogP contribution in [-0.2, 0) is 43.0 Å². The Balaban J connectivity index is 1.07. The molecule has 10 aliphatic rings. The maximum atomic E-state index is 14.7. The van der Waals surface area contributed by atoms with Crippen LogP contribution in [0, 0.1) is 97.6 Å². The van der Waals surface area contributed by atoms with Crippen LogP contribution in [0.15, 0.2) is 23.3 Å². The van der Waals surface area contributed by atoms with Crippen LogP contribution < -0.4 is 0 Å². The number of rotatable bonds is 11. The second-order valence-corrected chi connectivity index (χ2v) is 22.5. The van der Waals surface area contributed by atoms with E-state index in [2.05, 4.69) is 53.7 Å². The summed E-state index contributed by atoms with van der Waals surface area (Å²) in [4.78, 5) is 80.5. The minimum atomic E-state index is -1.10. The number of esters is 2. The molecular formula is C49H68O12. The molecule has 6 saturated carbocycles. The van der Waals surface area contributed by atoms with Gasteiger partial charge in [0.25, 0.3) is 6.47 Å². The zero-order valence-electron chi connectivity index (χ0n) is 37.4. The largest absolute Gasteiger partial charge is 0.481 e. The van der Waals surface area contributed by atoms with Crippen LogP contribution in [0.25, 0.3) is 0 Å². The van der Waals surface area contributed by atoms with Gasteiger partial charge in [-0.1, -0.05) is 77.7 Å². The number of hydrogen-bond donors (Lipinski definition) is 3. The van der Waals surface area contributed by atoms with Crippen LogP contribution in [0.5, 0.6) is 0 Å². The minimum absolute atomic E-state index is 0.0359. The summed E-state index contributed by atoms with van der Waals surface area (Å²) in [5.74, 6) is -8.08. The van der Waals surface area contributed by atoms with Gasteiger partial charge in [0.2, 0.25) is 6.79 Å². The molecule has 12 heteroatoms. The number of aliphatic carboxylic acids is 3. The van der Waals surface area contributed by atoms with Gasteiger partial charge in [0.05, 0.1) is 22.7 Å². The van der Waals surface area contributed by atoms with Crippen molar-refractivity contribution in [3.05, 3.63) is 23.3 Å². The molecule has 3 N–H and O–H groups in total. The number of ether oxygens (including phenoxy) is 3. The molecule has 2 spiro atoms. The van der Waals surface area contributed by atoms with Crippen LogP contribution in [-0.4, -0.2) is 64.5 Å². The summed E-state index contributed by atoms with van der Waals surface area (Å²) in [6.07, 6.45) is 11.2. The Morgan fingerprint density at radius 3 is 1.57 bits per heavy atom. The van der Waals surface area contributed by atoms with Gasteiger partial charge >= 0.3 is 29.8 Å². The van der Waals surface area contributed by atoms with Crippen molar-refractivity contribution in [2.75, 3.05) is 6.79 Å². The van der Waals surface area contributed by atoms with Crippen molar-refractivity contribution in [2.24, 2.45) is 97.6 Å². The van der Waals surface area contributed by atoms with Crippen molar-refractivity contribution < 1.29 is 58.3 Å². The molecule has 6 fully saturated rings. The molecule has 336 valence electrons. The lowest BCUT2D eigenvalue weighted by atomic mass is 9.34. The van der Waals surface area contributed by atoms with Gasteiger partial charge in [-0.2, -0.15) is 0 Å².